The van der Waals surface area contributed by atoms with E-state index in [-0.39, 0.29) is 0 Å². The van der Waals surface area contributed by atoms with Gasteiger partial charge in [0, 0.05) is 12.3 Å². The van der Waals surface area contributed by atoms with Gasteiger partial charge in [0.2, 0.25) is 0 Å². The Hall–Kier alpha value is -1.09. The minimum atomic E-state index is 0.527. The van der Waals surface area contributed by atoms with Crippen LogP contribution in [0.3, 0.4) is 0 Å². The van der Waals surface area contributed by atoms with Gasteiger partial charge in [0.05, 0.1) is 0 Å². The van der Waals surface area contributed by atoms with Crippen molar-refractivity contribution in [3.8, 4) is 6.07 Å². The molecule has 4 heteroatoms. The van der Waals surface area contributed by atoms with E-state index in [1.807, 2.05) is 12.3 Å². The lowest BCUT2D eigenvalue weighted by atomic mass is 10.1. The van der Waals surface area contributed by atoms with E-state index in [1.165, 1.54) is 12.8 Å². The number of hydrogen-bond acceptors (Lipinski definition) is 3. The molecule has 0 saturated heterocycles. The molecule has 0 aliphatic heterocycles. The molecule has 2 heterocycles. The number of aromatic nitrogens is 1. The first kappa shape index (κ1) is 9.16. The Bertz CT molecular complexity index is 578. The van der Waals surface area contributed by atoms with E-state index in [9.17, 15) is 0 Å². The first-order valence-corrected chi connectivity index (χ1v) is 5.85. The average molecular weight is 310 g/mol. The van der Waals surface area contributed by atoms with Crippen molar-refractivity contribution in [1.82, 2.24) is 4.98 Å². The fourth-order valence-electron chi connectivity index (χ4n) is 1.78. The van der Waals surface area contributed by atoms with Crippen LogP contribution in [0.15, 0.2) is 16.7 Å². The van der Waals surface area contributed by atoms with Crippen LogP contribution in [0.4, 0.5) is 0 Å². The van der Waals surface area contributed by atoms with Crippen molar-refractivity contribution in [3.05, 3.63) is 27.2 Å². The third-order valence-electron chi connectivity index (χ3n) is 2.67. The highest BCUT2D eigenvalue weighted by atomic mass is 127. The Kier molecular flexibility index (Phi) is 1.96. The van der Waals surface area contributed by atoms with E-state index in [1.54, 1.807) is 0 Å². The number of rotatable bonds is 1. The van der Waals surface area contributed by atoms with E-state index in [2.05, 4.69) is 33.6 Å². The summed E-state index contributed by atoms with van der Waals surface area (Å²) in [6.07, 6.45) is 4.16. The minimum absolute atomic E-state index is 0.527. The molecule has 0 unspecified atom stereocenters. The van der Waals surface area contributed by atoms with Gasteiger partial charge >= 0.3 is 0 Å². The van der Waals surface area contributed by atoms with Crippen LogP contribution in [-0.4, -0.2) is 4.98 Å². The molecule has 0 bridgehead atoms. The van der Waals surface area contributed by atoms with E-state index in [4.69, 9.17) is 9.68 Å². The van der Waals surface area contributed by atoms with Gasteiger partial charge in [-0.3, -0.25) is 4.98 Å². The summed E-state index contributed by atoms with van der Waals surface area (Å²) in [5, 5.41) is 9.16. The van der Waals surface area contributed by atoms with Crippen LogP contribution >= 0.6 is 22.6 Å². The summed E-state index contributed by atoms with van der Waals surface area (Å²) < 4.78 is 6.29. The summed E-state index contributed by atoms with van der Waals surface area (Å²) in [6.45, 7) is 0. The number of furan rings is 1. The molecule has 74 valence electrons. The standard InChI is InChI=1S/C11H7IN2O/c12-10-3-9-11(15-10)7(4-13)8(5-14-9)6-1-2-6/h3,5-6H,1-2H2. The number of nitrogens with zero attached hydrogens (tertiary/aromatic N) is 2. The zero-order chi connectivity index (χ0) is 10.4. The molecule has 3 nitrogen and oxygen atoms in total. The van der Waals surface area contributed by atoms with Crippen molar-refractivity contribution in [2.45, 2.75) is 18.8 Å². The summed E-state index contributed by atoms with van der Waals surface area (Å²) in [7, 11) is 0. The number of halogens is 1. The van der Waals surface area contributed by atoms with Crippen LogP contribution in [0.5, 0.6) is 0 Å². The highest BCUT2D eigenvalue weighted by molar-refractivity contribution is 14.1. The van der Waals surface area contributed by atoms with Crippen molar-refractivity contribution in [3.63, 3.8) is 0 Å². The van der Waals surface area contributed by atoms with Crippen molar-refractivity contribution < 1.29 is 4.42 Å². The highest BCUT2D eigenvalue weighted by Crippen LogP contribution is 2.42. The third kappa shape index (κ3) is 1.42. The Morgan fingerprint density at radius 2 is 2.33 bits per heavy atom. The van der Waals surface area contributed by atoms with Crippen molar-refractivity contribution in [2.75, 3.05) is 0 Å². The average Bonchev–Trinajstić information content (AvgIpc) is 2.98. The van der Waals surface area contributed by atoms with Crippen molar-refractivity contribution in [1.29, 1.82) is 5.26 Å². The van der Waals surface area contributed by atoms with Gasteiger partial charge in [0.25, 0.3) is 0 Å². The summed E-state index contributed by atoms with van der Waals surface area (Å²) in [6, 6.07) is 4.09. The minimum Gasteiger partial charge on any atom is -0.447 e. The lowest BCUT2D eigenvalue weighted by Gasteiger charge is -2.00. The van der Waals surface area contributed by atoms with Gasteiger partial charge in [-0.2, -0.15) is 5.26 Å². The monoisotopic (exact) mass is 310 g/mol. The first-order valence-electron chi connectivity index (χ1n) is 4.77. The highest BCUT2D eigenvalue weighted by Gasteiger charge is 2.28. The van der Waals surface area contributed by atoms with Crippen LogP contribution in [-0.2, 0) is 0 Å². The second kappa shape index (κ2) is 3.20. The molecule has 0 aromatic carbocycles. The van der Waals surface area contributed by atoms with Crippen LogP contribution in [0.25, 0.3) is 11.1 Å². The fourth-order valence-corrected chi connectivity index (χ4v) is 2.30. The second-order valence-electron chi connectivity index (χ2n) is 3.74. The molecule has 0 spiro atoms. The summed E-state index contributed by atoms with van der Waals surface area (Å²) >= 11 is 2.09. The predicted molar refractivity (Wildman–Crippen MR) is 63.4 cm³/mol. The number of hydrogen-bond donors (Lipinski definition) is 0. The first-order chi connectivity index (χ1) is 7.29. The molecule has 2 aromatic heterocycles. The Balaban J connectivity index is 2.34. The van der Waals surface area contributed by atoms with Gasteiger partial charge < -0.3 is 4.42 Å². The Morgan fingerprint density at radius 1 is 1.53 bits per heavy atom. The zero-order valence-corrected chi connectivity index (χ0v) is 9.98. The van der Waals surface area contributed by atoms with Crippen LogP contribution in [0, 0.1) is 15.1 Å². The molecule has 1 fully saturated rings. The van der Waals surface area contributed by atoms with Gasteiger partial charge in [0.1, 0.15) is 17.1 Å². The summed E-state index contributed by atoms with van der Waals surface area (Å²) in [5.74, 6) is 0.527. The van der Waals surface area contributed by atoms with Gasteiger partial charge in [-0.15, -0.1) is 0 Å². The SMILES string of the molecule is N#Cc1c(C2CC2)cnc2cc(I)oc12. The van der Waals surface area contributed by atoms with Crippen molar-refractivity contribution >= 4 is 33.7 Å². The lowest BCUT2D eigenvalue weighted by Crippen LogP contribution is -1.89. The number of pyridine rings is 1. The fraction of sp³-hybridized carbons (Fsp3) is 0.273. The maximum absolute atomic E-state index is 9.16. The molecule has 1 saturated carbocycles. The Morgan fingerprint density at radius 3 is 3.00 bits per heavy atom. The predicted octanol–water partition coefficient (Wildman–Crippen LogP) is 3.18. The smallest absolute Gasteiger partial charge is 0.171 e. The van der Waals surface area contributed by atoms with E-state index < -0.39 is 0 Å². The van der Waals surface area contributed by atoms with Crippen LogP contribution in [0.1, 0.15) is 29.9 Å². The van der Waals surface area contributed by atoms with Gasteiger partial charge in [-0.25, -0.2) is 0 Å². The maximum atomic E-state index is 9.16. The number of nitriles is 1. The molecule has 2 aromatic rings. The van der Waals surface area contributed by atoms with Crippen LogP contribution in [0.2, 0.25) is 0 Å². The van der Waals surface area contributed by atoms with Gasteiger partial charge in [-0.1, -0.05) is 0 Å². The molecule has 1 aliphatic carbocycles. The normalized spacial score (nSPS) is 15.5. The topological polar surface area (TPSA) is 49.8 Å². The molecule has 1 aliphatic rings. The quantitative estimate of drug-likeness (QED) is 0.760. The second-order valence-corrected chi connectivity index (χ2v) is 4.80. The lowest BCUT2D eigenvalue weighted by molar-refractivity contribution is 0.582. The van der Waals surface area contributed by atoms with Gasteiger partial charge in [-0.05, 0) is 46.9 Å². The van der Waals surface area contributed by atoms with E-state index in [0.717, 1.165) is 14.8 Å². The summed E-state index contributed by atoms with van der Waals surface area (Å²) in [4.78, 5) is 4.32. The maximum Gasteiger partial charge on any atom is 0.171 e. The Labute approximate surface area is 100 Å². The molecular weight excluding hydrogens is 303 g/mol. The van der Waals surface area contributed by atoms with E-state index >= 15 is 0 Å². The molecule has 0 amide bonds. The molecule has 15 heavy (non-hydrogen) atoms. The summed E-state index contributed by atoms with van der Waals surface area (Å²) in [5.41, 5.74) is 3.15. The molecular formula is C11H7IN2O. The zero-order valence-electron chi connectivity index (χ0n) is 7.83. The molecule has 0 N–H and O–H groups in total. The van der Waals surface area contributed by atoms with Crippen LogP contribution < -0.4 is 0 Å². The molecule has 3 rings (SSSR count). The molecule has 0 atom stereocenters. The molecule has 0 radical (unpaired) electrons. The van der Waals surface area contributed by atoms with Crippen molar-refractivity contribution in [2.24, 2.45) is 0 Å². The van der Waals surface area contributed by atoms with Gasteiger partial charge in [0.15, 0.2) is 9.35 Å². The third-order valence-corrected chi connectivity index (χ3v) is 3.20. The van der Waals surface area contributed by atoms with E-state index in [0.29, 0.717) is 17.1 Å². The number of fused-ring (bicyclic) bond motifs is 1. The largest absolute Gasteiger partial charge is 0.447 e.